The molecule has 0 saturated heterocycles. The molecule has 0 heterocycles. The van der Waals surface area contributed by atoms with Gasteiger partial charge in [0.1, 0.15) is 0 Å². The fourth-order valence-corrected chi connectivity index (χ4v) is 0. The first kappa shape index (κ1) is 28.8. The molecule has 0 atom stereocenters. The zero-order valence-corrected chi connectivity index (χ0v) is 4.56. The summed E-state index contributed by atoms with van der Waals surface area (Å²) in [5, 5.41) is 15.5. The molecule has 0 amide bonds. The number of rotatable bonds is 0. The Morgan fingerprint density at radius 2 is 1.17 bits per heavy atom. The summed E-state index contributed by atoms with van der Waals surface area (Å²) in [5.74, 6) is 0. The van der Waals surface area contributed by atoms with Crippen molar-refractivity contribution in [3.05, 3.63) is 0 Å². The third-order valence-electron chi connectivity index (χ3n) is 0. The molecule has 0 radical (unpaired) electrons. The monoisotopic (exact) mass is 182 g/mol. The summed E-state index contributed by atoms with van der Waals surface area (Å²) >= 11 is 0. The Morgan fingerprint density at radius 3 is 1.17 bits per heavy atom. The minimum Gasteiger partial charge on any atom is -0.412 e. The first-order valence-electron chi connectivity index (χ1n) is 0.365. The Hall–Kier alpha value is 0.853. The van der Waals surface area contributed by atoms with E-state index in [0.29, 0.717) is 0 Å². The van der Waals surface area contributed by atoms with Gasteiger partial charge < -0.3 is 5.48 Å². The summed E-state index contributed by atoms with van der Waals surface area (Å²) in [6.07, 6.45) is 0. The maximum atomic E-state index is 6.62. The second-order valence-corrected chi connectivity index (χ2v) is 0.0816. The summed E-state index contributed by atoms with van der Waals surface area (Å²) < 4.78 is 0. The van der Waals surface area contributed by atoms with Gasteiger partial charge in [0.25, 0.3) is 0 Å². The van der Waals surface area contributed by atoms with Crippen LogP contribution in [0.5, 0.6) is 0 Å². The quantitative estimate of drug-likeness (QED) is 0.290. The minimum absolute atomic E-state index is 0. The van der Waals surface area contributed by atoms with Crippen LogP contribution >= 0.6 is 0 Å². The second kappa shape index (κ2) is 40.1. The third kappa shape index (κ3) is 99.0. The first-order valence-corrected chi connectivity index (χ1v) is 0.365. The van der Waals surface area contributed by atoms with E-state index in [1.165, 1.54) is 0 Å². The van der Waals surface area contributed by atoms with Crippen LogP contribution in [0.25, 0.3) is 0 Å². The average molecular weight is 183 g/mol. The van der Waals surface area contributed by atoms with E-state index in [1.54, 1.807) is 0 Å². The smallest absolute Gasteiger partial charge is 0 e. The molecule has 0 aromatic rings. The van der Waals surface area contributed by atoms with Gasteiger partial charge >= 0.3 is 0 Å². The summed E-state index contributed by atoms with van der Waals surface area (Å²) in [7, 11) is 0. The van der Waals surface area contributed by atoms with E-state index in [1.807, 2.05) is 0 Å². The molecular weight excluding hydrogens is 179 g/mol. The van der Waals surface area contributed by atoms with Gasteiger partial charge in [0.15, 0.2) is 0 Å². The second-order valence-electron chi connectivity index (χ2n) is 0.0816. The predicted octanol–water partition coefficient (Wildman–Crippen LogP) is -0.881. The van der Waals surface area contributed by atoms with Crippen LogP contribution in [0, 0.1) is 0 Å². The topological polar surface area (TPSA) is 81.2 Å². The molecule has 0 spiro atoms. The maximum Gasteiger partial charge on any atom is 0 e. The van der Waals surface area contributed by atoms with E-state index in [0.717, 1.165) is 0 Å². The van der Waals surface area contributed by atoms with Crippen molar-refractivity contribution in [1.82, 2.24) is 0 Å². The Kier molecular flexibility index (Phi) is 193. The van der Waals surface area contributed by atoms with E-state index >= 15 is 0 Å². The Balaban J connectivity index is -0.00000000667. The molecule has 6 heavy (non-hydrogen) atoms. The number of hydrogen-bond donors (Lipinski definition) is 2. The molecule has 0 aliphatic rings. The van der Waals surface area contributed by atoms with Gasteiger partial charge in [0, 0.05) is 33.6 Å². The Labute approximate surface area is 55.1 Å². The van der Waals surface area contributed by atoms with Crippen molar-refractivity contribution in [2.45, 2.75) is 0 Å². The van der Waals surface area contributed by atoms with Gasteiger partial charge in [0.05, 0.1) is 0 Å². The fraction of sp³-hybridized carbons (Fsp3) is 0. The molecule has 0 aliphatic carbocycles. The molecule has 0 saturated carbocycles. The SMILES string of the molecule is O.OOO.[Fe].[Ni]. The standard InChI is InChI=1S/Fe.Ni.H2O3.H2O/c;;1-3-2;/h;;1-2H;1H2. The van der Waals surface area contributed by atoms with Crippen molar-refractivity contribution in [3.8, 4) is 0 Å². The van der Waals surface area contributed by atoms with Crippen molar-refractivity contribution in [2.75, 3.05) is 0 Å². The largest absolute Gasteiger partial charge is 0.412 e. The van der Waals surface area contributed by atoms with Crippen molar-refractivity contribution < 1.29 is 54.6 Å². The van der Waals surface area contributed by atoms with E-state index < -0.39 is 0 Å². The maximum absolute atomic E-state index is 6.62. The van der Waals surface area contributed by atoms with Crippen LogP contribution in [0.15, 0.2) is 0 Å². The molecule has 0 aliphatic heterocycles. The van der Waals surface area contributed by atoms with Crippen molar-refractivity contribution >= 4 is 0 Å². The Morgan fingerprint density at radius 1 is 1.17 bits per heavy atom. The van der Waals surface area contributed by atoms with Gasteiger partial charge in [-0.1, -0.05) is 5.04 Å². The molecule has 4 N–H and O–H groups in total. The molecule has 0 bridgehead atoms. The molecule has 0 aromatic heterocycles. The summed E-state index contributed by atoms with van der Waals surface area (Å²) in [6.45, 7) is 0. The van der Waals surface area contributed by atoms with E-state index in [2.05, 4.69) is 5.04 Å². The first-order chi connectivity index (χ1) is 1.41. The van der Waals surface area contributed by atoms with Gasteiger partial charge in [-0.05, 0) is 0 Å². The van der Waals surface area contributed by atoms with Gasteiger partial charge in [-0.25, -0.2) is 10.5 Å². The summed E-state index contributed by atoms with van der Waals surface area (Å²) in [4.78, 5) is 0. The molecule has 4 nitrogen and oxygen atoms in total. The van der Waals surface area contributed by atoms with Crippen LogP contribution in [-0.4, -0.2) is 16.0 Å². The predicted molar refractivity (Wildman–Crippen MR) is 9.96 cm³/mol. The molecule has 0 unspecified atom stereocenters. The van der Waals surface area contributed by atoms with Crippen molar-refractivity contribution in [2.24, 2.45) is 0 Å². The molecule has 0 aromatic carbocycles. The van der Waals surface area contributed by atoms with Crippen LogP contribution in [0.3, 0.4) is 0 Å². The molecule has 46 valence electrons. The summed E-state index contributed by atoms with van der Waals surface area (Å²) in [5.41, 5.74) is 0. The zero-order valence-electron chi connectivity index (χ0n) is 2.47. The van der Waals surface area contributed by atoms with Crippen LogP contribution in [-0.2, 0) is 38.6 Å². The number of hydrogen-bond acceptors (Lipinski definition) is 3. The average Bonchev–Trinajstić information content (AvgIpc) is 0.918. The molecule has 0 fully saturated rings. The Bertz CT molecular complexity index is 7.51. The molecular formula is H4FeNiO4. The van der Waals surface area contributed by atoms with Crippen LogP contribution in [0.2, 0.25) is 0 Å². The van der Waals surface area contributed by atoms with Gasteiger partial charge in [-0.15, -0.1) is 0 Å². The van der Waals surface area contributed by atoms with Gasteiger partial charge in [0.2, 0.25) is 0 Å². The summed E-state index contributed by atoms with van der Waals surface area (Å²) in [6, 6.07) is 0. The third-order valence-corrected chi connectivity index (χ3v) is 0. The minimum atomic E-state index is 0. The normalized spacial score (nSPS) is 3.00. The van der Waals surface area contributed by atoms with Crippen LogP contribution in [0.4, 0.5) is 0 Å². The molecule has 6 heteroatoms. The van der Waals surface area contributed by atoms with Crippen molar-refractivity contribution in [3.63, 3.8) is 0 Å². The van der Waals surface area contributed by atoms with E-state index in [-0.39, 0.29) is 39.0 Å². The van der Waals surface area contributed by atoms with E-state index in [9.17, 15) is 0 Å². The van der Waals surface area contributed by atoms with Crippen LogP contribution < -0.4 is 0 Å². The fourth-order valence-electron chi connectivity index (χ4n) is 0. The van der Waals surface area contributed by atoms with Gasteiger partial charge in [-0.2, -0.15) is 0 Å². The van der Waals surface area contributed by atoms with Crippen LogP contribution in [0.1, 0.15) is 0 Å². The molecule has 0 rings (SSSR count). The van der Waals surface area contributed by atoms with E-state index in [4.69, 9.17) is 10.5 Å². The van der Waals surface area contributed by atoms with Crippen molar-refractivity contribution in [1.29, 1.82) is 0 Å². The van der Waals surface area contributed by atoms with Gasteiger partial charge in [-0.3, -0.25) is 0 Å². The zero-order chi connectivity index (χ0) is 2.71.